The van der Waals surface area contributed by atoms with Gasteiger partial charge in [0.2, 0.25) is 0 Å². The molecule has 1 fully saturated rings. The van der Waals surface area contributed by atoms with Crippen LogP contribution in [0.15, 0.2) is 42.6 Å². The molecule has 35 heavy (non-hydrogen) atoms. The van der Waals surface area contributed by atoms with Crippen molar-refractivity contribution in [3.63, 3.8) is 0 Å². The second kappa shape index (κ2) is 8.72. The highest BCUT2D eigenvalue weighted by Crippen LogP contribution is 2.39. The summed E-state index contributed by atoms with van der Waals surface area (Å²) in [5, 5.41) is 8.81. The minimum Gasteiger partial charge on any atom is -0.488 e. The number of ether oxygens (including phenoxy) is 1. The summed E-state index contributed by atoms with van der Waals surface area (Å²) >= 11 is 0. The molecule has 0 radical (unpaired) electrons. The summed E-state index contributed by atoms with van der Waals surface area (Å²) in [4.78, 5) is 5.92. The Hall–Kier alpha value is -3.31. The van der Waals surface area contributed by atoms with E-state index in [1.54, 1.807) is 26.0 Å². The molecular weight excluding hydrogens is 464 g/mol. The number of fused-ring (bicyclic) bond motifs is 2. The average Bonchev–Trinajstić information content (AvgIpc) is 3.39. The van der Waals surface area contributed by atoms with Gasteiger partial charge in [-0.3, -0.25) is 9.30 Å². The van der Waals surface area contributed by atoms with E-state index in [2.05, 4.69) is 15.2 Å². The van der Waals surface area contributed by atoms with E-state index < -0.39 is 18.0 Å². The monoisotopic (exact) mass is 488 g/mol. The van der Waals surface area contributed by atoms with E-state index in [0.29, 0.717) is 28.7 Å². The maximum absolute atomic E-state index is 14.3. The van der Waals surface area contributed by atoms with Crippen LogP contribution in [-0.4, -0.2) is 55.9 Å². The molecule has 0 saturated carbocycles. The number of hydrogen-bond acceptors (Lipinski definition) is 6. The molecule has 4 heterocycles. The molecule has 0 amide bonds. The van der Waals surface area contributed by atoms with Gasteiger partial charge in [0.05, 0.1) is 11.6 Å². The van der Waals surface area contributed by atoms with Crippen LogP contribution >= 0.6 is 0 Å². The summed E-state index contributed by atoms with van der Waals surface area (Å²) < 4.78 is 63.6. The Morgan fingerprint density at radius 2 is 1.91 bits per heavy atom. The van der Waals surface area contributed by atoms with Crippen molar-refractivity contribution >= 4 is 16.6 Å². The summed E-state index contributed by atoms with van der Waals surface area (Å²) in [5.41, 5.74) is 7.17. The lowest BCUT2D eigenvalue weighted by Crippen LogP contribution is -2.38. The topological polar surface area (TPSA) is 81.6 Å². The molecule has 1 aromatic carbocycles. The highest BCUT2D eigenvalue weighted by atomic mass is 19.4. The van der Waals surface area contributed by atoms with Crippen molar-refractivity contribution in [3.8, 4) is 17.3 Å². The molecule has 5 rings (SSSR count). The number of hydrogen-bond donors (Lipinski definition) is 1. The van der Waals surface area contributed by atoms with Crippen LogP contribution in [0.5, 0.6) is 5.75 Å². The molecule has 1 saturated heterocycles. The number of alkyl halides is 3. The predicted molar refractivity (Wildman–Crippen MR) is 122 cm³/mol. The number of nitrogens with zero attached hydrogens (tertiary/aromatic N) is 5. The van der Waals surface area contributed by atoms with Crippen LogP contribution in [0.4, 0.5) is 17.6 Å². The van der Waals surface area contributed by atoms with E-state index in [-0.39, 0.29) is 42.4 Å². The molecule has 1 aliphatic heterocycles. The van der Waals surface area contributed by atoms with Gasteiger partial charge in [0, 0.05) is 36.8 Å². The van der Waals surface area contributed by atoms with Gasteiger partial charge in [-0.05, 0) is 44.0 Å². The minimum atomic E-state index is -4.48. The first-order valence-electron chi connectivity index (χ1n) is 11.3. The summed E-state index contributed by atoms with van der Waals surface area (Å²) in [6, 6.07) is 6.98. The lowest BCUT2D eigenvalue weighted by atomic mass is 10.1. The lowest BCUT2D eigenvalue weighted by Gasteiger charge is -2.30. The molecule has 2 atom stereocenters. The van der Waals surface area contributed by atoms with Gasteiger partial charge < -0.3 is 10.5 Å². The Balaban J connectivity index is 1.58. The standard InChI is InChI=1S/C24H24F4N6O/c1-13(2)35-20-10-19-14(9-17(20)25)3-5-18(30-19)23-32-31-21-6-4-15(11-34(21)23)22(24(26,27)28)33-8-7-16(29)12-33/h3-6,9-11,13,16,22H,7-8,12,29H2,1-2H3. The smallest absolute Gasteiger partial charge is 0.408 e. The van der Waals surface area contributed by atoms with Gasteiger partial charge >= 0.3 is 6.18 Å². The number of halogens is 4. The first-order valence-corrected chi connectivity index (χ1v) is 11.3. The van der Waals surface area contributed by atoms with Gasteiger partial charge in [0.25, 0.3) is 0 Å². The maximum atomic E-state index is 14.3. The van der Waals surface area contributed by atoms with E-state index in [4.69, 9.17) is 10.5 Å². The number of benzene rings is 1. The Morgan fingerprint density at radius 1 is 1.11 bits per heavy atom. The number of likely N-dealkylation sites (tertiary alicyclic amines) is 1. The van der Waals surface area contributed by atoms with Crippen LogP contribution in [0, 0.1) is 5.82 Å². The average molecular weight is 488 g/mol. The van der Waals surface area contributed by atoms with Crippen molar-refractivity contribution in [1.82, 2.24) is 24.5 Å². The molecule has 0 aliphatic carbocycles. The van der Waals surface area contributed by atoms with Crippen LogP contribution in [-0.2, 0) is 0 Å². The highest BCUT2D eigenvalue weighted by molar-refractivity contribution is 5.82. The molecule has 4 aromatic rings. The first-order chi connectivity index (χ1) is 16.6. The van der Waals surface area contributed by atoms with Gasteiger partial charge in [-0.2, -0.15) is 13.2 Å². The second-order valence-electron chi connectivity index (χ2n) is 9.04. The van der Waals surface area contributed by atoms with E-state index >= 15 is 0 Å². The van der Waals surface area contributed by atoms with Crippen LogP contribution in [0.2, 0.25) is 0 Å². The van der Waals surface area contributed by atoms with Crippen molar-refractivity contribution in [2.45, 2.75) is 44.6 Å². The van der Waals surface area contributed by atoms with Gasteiger partial charge in [0.15, 0.2) is 23.0 Å². The molecule has 3 aromatic heterocycles. The molecule has 0 bridgehead atoms. The zero-order valence-corrected chi connectivity index (χ0v) is 19.1. The first kappa shape index (κ1) is 23.4. The van der Waals surface area contributed by atoms with Gasteiger partial charge in [-0.1, -0.05) is 12.1 Å². The van der Waals surface area contributed by atoms with Gasteiger partial charge in [-0.25, -0.2) is 9.37 Å². The van der Waals surface area contributed by atoms with Gasteiger partial charge in [-0.15, -0.1) is 10.2 Å². The summed E-state index contributed by atoms with van der Waals surface area (Å²) in [6.45, 7) is 4.01. The van der Waals surface area contributed by atoms with E-state index in [1.165, 1.54) is 39.8 Å². The van der Waals surface area contributed by atoms with Gasteiger partial charge in [0.1, 0.15) is 11.7 Å². The SMILES string of the molecule is CC(C)Oc1cc2nc(-c3nnc4ccc(C(N5CCC(N)C5)C(F)(F)F)cn34)ccc2cc1F. The quantitative estimate of drug-likeness (QED) is 0.417. The number of rotatable bonds is 5. The van der Waals surface area contributed by atoms with E-state index in [9.17, 15) is 17.6 Å². The summed E-state index contributed by atoms with van der Waals surface area (Å²) in [5.74, 6) is -0.154. The molecule has 7 nitrogen and oxygen atoms in total. The zero-order chi connectivity index (χ0) is 24.9. The van der Waals surface area contributed by atoms with Crippen LogP contribution < -0.4 is 10.5 Å². The second-order valence-corrected chi connectivity index (χ2v) is 9.04. The van der Waals surface area contributed by atoms with Crippen molar-refractivity contribution in [3.05, 3.63) is 54.0 Å². The fourth-order valence-electron chi connectivity index (χ4n) is 4.49. The Labute approximate surface area is 198 Å². The Kier molecular flexibility index (Phi) is 5.84. The number of nitrogens with two attached hydrogens (primary N) is 1. The largest absolute Gasteiger partial charge is 0.488 e. The van der Waals surface area contributed by atoms with Crippen molar-refractivity contribution in [2.24, 2.45) is 5.73 Å². The molecule has 2 N–H and O–H groups in total. The third-order valence-corrected chi connectivity index (χ3v) is 6.01. The molecule has 2 unspecified atom stereocenters. The molecular formula is C24H24F4N6O. The van der Waals surface area contributed by atoms with Crippen molar-refractivity contribution < 1.29 is 22.3 Å². The Bertz CT molecular complexity index is 1390. The zero-order valence-electron chi connectivity index (χ0n) is 19.1. The number of pyridine rings is 2. The predicted octanol–water partition coefficient (Wildman–Crippen LogP) is 4.51. The van der Waals surface area contributed by atoms with Crippen molar-refractivity contribution in [1.29, 1.82) is 0 Å². The third-order valence-electron chi connectivity index (χ3n) is 6.01. The fraction of sp³-hybridized carbons (Fsp3) is 0.375. The normalized spacial score (nSPS) is 18.1. The van der Waals surface area contributed by atoms with E-state index in [0.717, 1.165) is 0 Å². The highest BCUT2D eigenvalue weighted by Gasteiger charge is 2.46. The van der Waals surface area contributed by atoms with Crippen LogP contribution in [0.25, 0.3) is 28.1 Å². The summed E-state index contributed by atoms with van der Waals surface area (Å²) in [7, 11) is 0. The molecule has 1 aliphatic rings. The Morgan fingerprint density at radius 3 is 2.60 bits per heavy atom. The third kappa shape index (κ3) is 4.53. The molecule has 0 spiro atoms. The number of aromatic nitrogens is 4. The van der Waals surface area contributed by atoms with Crippen LogP contribution in [0.1, 0.15) is 31.9 Å². The maximum Gasteiger partial charge on any atom is 0.408 e. The lowest BCUT2D eigenvalue weighted by molar-refractivity contribution is -0.183. The fourth-order valence-corrected chi connectivity index (χ4v) is 4.49. The molecule has 184 valence electrons. The minimum absolute atomic E-state index is 0.0654. The van der Waals surface area contributed by atoms with Crippen LogP contribution in [0.3, 0.4) is 0 Å². The summed E-state index contributed by atoms with van der Waals surface area (Å²) in [6.07, 6.45) is -2.80. The molecule has 11 heteroatoms. The van der Waals surface area contributed by atoms with E-state index in [1.807, 2.05) is 0 Å². The van der Waals surface area contributed by atoms with Crippen molar-refractivity contribution in [2.75, 3.05) is 13.1 Å².